The molecule has 0 saturated heterocycles. The lowest BCUT2D eigenvalue weighted by atomic mass is 9.80. The molecule has 0 spiro atoms. The molecule has 0 aromatic heterocycles. The van der Waals surface area contributed by atoms with E-state index in [0.29, 0.717) is 34.9 Å². The maximum atomic E-state index is 13.0. The van der Waals surface area contributed by atoms with Crippen molar-refractivity contribution in [2.45, 2.75) is 45.6 Å². The standard InChI is InChI=1S/C27H31ClN2O6/c1-16(29)24(30-27(34)36-17(2)21-8-5-6-10-23(21)28)25(31)18-11-13-20(14-12-18)35-15-19-7-3-4-9-22(19)26(32)33/h5-6,8,10-14,17,19,22H,3-4,7,9,15,29H2,1-2H3,(H,30,34)(H,32,33)/b24-16+. The number of Topliss-reactive ketones (excluding diaryl/α,β-unsaturated/α-hetero) is 1. The zero-order valence-corrected chi connectivity index (χ0v) is 21.1. The van der Waals surface area contributed by atoms with Gasteiger partial charge in [-0.15, -0.1) is 0 Å². The molecule has 0 heterocycles. The highest BCUT2D eigenvalue weighted by Gasteiger charge is 2.31. The number of carbonyl (C=O) groups is 3. The normalized spacial score (nSPS) is 19.0. The largest absolute Gasteiger partial charge is 0.493 e. The number of hydrogen-bond acceptors (Lipinski definition) is 6. The Balaban J connectivity index is 1.61. The first-order chi connectivity index (χ1) is 17.2. The third kappa shape index (κ3) is 7.01. The number of nitrogens with one attached hydrogen (secondary N) is 1. The molecular formula is C27H31ClN2O6. The fourth-order valence-corrected chi connectivity index (χ4v) is 4.57. The third-order valence-corrected chi connectivity index (χ3v) is 6.63. The summed E-state index contributed by atoms with van der Waals surface area (Å²) >= 11 is 6.16. The van der Waals surface area contributed by atoms with Crippen LogP contribution in [0.3, 0.4) is 0 Å². The minimum Gasteiger partial charge on any atom is -0.493 e. The number of nitrogens with two attached hydrogens (primary N) is 1. The number of ether oxygens (including phenoxy) is 2. The van der Waals surface area contributed by atoms with Crippen LogP contribution in [0.4, 0.5) is 4.79 Å². The van der Waals surface area contributed by atoms with E-state index in [1.54, 1.807) is 55.5 Å². The number of carboxylic acid groups (broad SMARTS) is 1. The number of carboxylic acids is 1. The van der Waals surface area contributed by atoms with Crippen LogP contribution in [0, 0.1) is 11.8 Å². The molecule has 3 unspecified atom stereocenters. The number of rotatable bonds is 9. The van der Waals surface area contributed by atoms with Gasteiger partial charge in [0.1, 0.15) is 17.6 Å². The molecule has 2 aromatic carbocycles. The van der Waals surface area contributed by atoms with Crippen LogP contribution in [-0.2, 0) is 9.53 Å². The first kappa shape index (κ1) is 27.1. The SMILES string of the molecule is C/C(N)=C(\NC(=O)OC(C)c1ccccc1Cl)C(=O)c1ccc(OCC2CCCCC2C(=O)O)cc1. The van der Waals surface area contributed by atoms with Crippen LogP contribution in [-0.4, -0.2) is 29.6 Å². The minimum absolute atomic E-state index is 0.0460. The van der Waals surface area contributed by atoms with E-state index in [0.717, 1.165) is 19.3 Å². The van der Waals surface area contributed by atoms with Gasteiger partial charge in [-0.1, -0.05) is 42.6 Å². The quantitative estimate of drug-likeness (QED) is 0.299. The van der Waals surface area contributed by atoms with Gasteiger partial charge in [-0.2, -0.15) is 0 Å². The van der Waals surface area contributed by atoms with Crippen LogP contribution in [0.5, 0.6) is 5.75 Å². The molecule has 1 amide bonds. The molecule has 1 saturated carbocycles. The van der Waals surface area contributed by atoms with Gasteiger partial charge in [0.15, 0.2) is 0 Å². The molecule has 0 bridgehead atoms. The number of ketones is 1. The molecule has 9 heteroatoms. The van der Waals surface area contributed by atoms with Crippen LogP contribution in [0.2, 0.25) is 5.02 Å². The Morgan fingerprint density at radius 2 is 1.78 bits per heavy atom. The molecule has 192 valence electrons. The lowest BCUT2D eigenvalue weighted by molar-refractivity contribution is -0.145. The van der Waals surface area contributed by atoms with E-state index in [4.69, 9.17) is 26.8 Å². The van der Waals surface area contributed by atoms with Gasteiger partial charge in [-0.05, 0) is 57.0 Å². The van der Waals surface area contributed by atoms with E-state index in [1.807, 2.05) is 0 Å². The first-order valence-corrected chi connectivity index (χ1v) is 12.2. The number of halogens is 1. The maximum absolute atomic E-state index is 13.0. The van der Waals surface area contributed by atoms with Crippen molar-refractivity contribution in [2.75, 3.05) is 6.61 Å². The highest BCUT2D eigenvalue weighted by atomic mass is 35.5. The smallest absolute Gasteiger partial charge is 0.412 e. The van der Waals surface area contributed by atoms with Crippen molar-refractivity contribution in [1.29, 1.82) is 0 Å². The van der Waals surface area contributed by atoms with Crippen molar-refractivity contribution in [2.24, 2.45) is 17.6 Å². The van der Waals surface area contributed by atoms with Gasteiger partial charge in [0.2, 0.25) is 5.78 Å². The van der Waals surface area contributed by atoms with Crippen molar-refractivity contribution >= 4 is 29.4 Å². The molecule has 3 rings (SSSR count). The summed E-state index contributed by atoms with van der Waals surface area (Å²) in [6.07, 6.45) is 1.91. The number of amides is 1. The zero-order valence-electron chi connectivity index (χ0n) is 20.3. The van der Waals surface area contributed by atoms with E-state index < -0.39 is 29.9 Å². The van der Waals surface area contributed by atoms with Crippen LogP contribution < -0.4 is 15.8 Å². The van der Waals surface area contributed by atoms with Gasteiger partial charge < -0.3 is 20.3 Å². The average molecular weight is 515 g/mol. The minimum atomic E-state index is -0.837. The number of allylic oxidation sites excluding steroid dienone is 2. The molecule has 8 nitrogen and oxygen atoms in total. The number of alkyl carbamates (subject to hydrolysis) is 1. The summed E-state index contributed by atoms with van der Waals surface area (Å²) in [5.74, 6) is -1.19. The Labute approximate surface area is 215 Å². The van der Waals surface area contributed by atoms with E-state index in [-0.39, 0.29) is 17.3 Å². The molecule has 36 heavy (non-hydrogen) atoms. The number of carbonyl (C=O) groups excluding carboxylic acids is 2. The van der Waals surface area contributed by atoms with E-state index >= 15 is 0 Å². The Kier molecular flexibility index (Phi) is 9.36. The Bertz CT molecular complexity index is 1130. The maximum Gasteiger partial charge on any atom is 0.412 e. The lowest BCUT2D eigenvalue weighted by Crippen LogP contribution is -2.31. The topological polar surface area (TPSA) is 128 Å². The van der Waals surface area contributed by atoms with E-state index in [2.05, 4.69) is 5.32 Å². The van der Waals surface area contributed by atoms with Gasteiger partial charge in [0.05, 0.1) is 12.5 Å². The summed E-state index contributed by atoms with van der Waals surface area (Å²) in [6.45, 7) is 3.48. The molecule has 2 aromatic rings. The highest BCUT2D eigenvalue weighted by Crippen LogP contribution is 2.31. The molecule has 0 aliphatic heterocycles. The predicted octanol–water partition coefficient (Wildman–Crippen LogP) is 5.47. The third-order valence-electron chi connectivity index (χ3n) is 6.28. The van der Waals surface area contributed by atoms with Crippen molar-refractivity contribution in [3.8, 4) is 5.75 Å². The van der Waals surface area contributed by atoms with E-state index in [1.165, 1.54) is 6.92 Å². The summed E-state index contributed by atoms with van der Waals surface area (Å²) in [4.78, 5) is 37.0. The van der Waals surface area contributed by atoms with Crippen LogP contribution in [0.15, 0.2) is 59.9 Å². The number of hydrogen-bond donors (Lipinski definition) is 3. The second-order valence-corrected chi connectivity index (χ2v) is 9.31. The van der Waals surface area contributed by atoms with Crippen molar-refractivity contribution in [1.82, 2.24) is 5.32 Å². The van der Waals surface area contributed by atoms with Crippen LogP contribution in [0.1, 0.15) is 61.6 Å². The number of aliphatic carboxylic acids is 1. The molecular weight excluding hydrogens is 484 g/mol. The van der Waals surface area contributed by atoms with Gasteiger partial charge in [0, 0.05) is 27.8 Å². The second kappa shape index (κ2) is 12.4. The fourth-order valence-electron chi connectivity index (χ4n) is 4.28. The monoisotopic (exact) mass is 514 g/mol. The summed E-state index contributed by atoms with van der Waals surface area (Å²) in [6, 6.07) is 13.4. The number of benzene rings is 2. The summed E-state index contributed by atoms with van der Waals surface area (Å²) in [5, 5.41) is 12.3. The molecule has 3 atom stereocenters. The predicted molar refractivity (Wildman–Crippen MR) is 136 cm³/mol. The lowest BCUT2D eigenvalue weighted by Gasteiger charge is -2.28. The van der Waals surface area contributed by atoms with Gasteiger partial charge in [0.25, 0.3) is 0 Å². The Morgan fingerprint density at radius 3 is 2.42 bits per heavy atom. The zero-order chi connectivity index (χ0) is 26.2. The van der Waals surface area contributed by atoms with Gasteiger partial charge >= 0.3 is 12.1 Å². The van der Waals surface area contributed by atoms with Crippen molar-refractivity contribution in [3.05, 3.63) is 76.1 Å². The molecule has 0 radical (unpaired) electrons. The summed E-state index contributed by atoms with van der Waals surface area (Å²) < 4.78 is 11.2. The van der Waals surface area contributed by atoms with Crippen LogP contribution in [0.25, 0.3) is 0 Å². The van der Waals surface area contributed by atoms with E-state index in [9.17, 15) is 19.5 Å². The first-order valence-electron chi connectivity index (χ1n) is 11.9. The summed E-state index contributed by atoms with van der Waals surface area (Å²) in [7, 11) is 0. The molecule has 1 fully saturated rings. The van der Waals surface area contributed by atoms with Crippen molar-refractivity contribution in [3.63, 3.8) is 0 Å². The van der Waals surface area contributed by atoms with Crippen LogP contribution >= 0.6 is 11.6 Å². The summed E-state index contributed by atoms with van der Waals surface area (Å²) in [5.41, 5.74) is 6.84. The Morgan fingerprint density at radius 1 is 1.11 bits per heavy atom. The molecule has 1 aliphatic rings. The van der Waals surface area contributed by atoms with Gasteiger partial charge in [-0.25, -0.2) is 4.79 Å². The highest BCUT2D eigenvalue weighted by molar-refractivity contribution is 6.31. The molecule has 4 N–H and O–H groups in total. The van der Waals surface area contributed by atoms with Crippen molar-refractivity contribution < 1.29 is 29.0 Å². The fraction of sp³-hybridized carbons (Fsp3) is 0.370. The average Bonchev–Trinajstić information content (AvgIpc) is 2.86. The Hall–Kier alpha value is -3.52. The molecule has 1 aliphatic carbocycles. The van der Waals surface area contributed by atoms with Gasteiger partial charge in [-0.3, -0.25) is 14.9 Å². The second-order valence-electron chi connectivity index (χ2n) is 8.91.